The van der Waals surface area contributed by atoms with Crippen LogP contribution in [0.25, 0.3) is 5.57 Å². The summed E-state index contributed by atoms with van der Waals surface area (Å²) in [6, 6.07) is 23.2. The molecule has 3 atom stereocenters. The van der Waals surface area contributed by atoms with E-state index in [1.165, 1.54) is 11.1 Å². The number of rotatable bonds is 2. The Morgan fingerprint density at radius 1 is 0.905 bits per heavy atom. The normalized spacial score (nSPS) is 29.2. The van der Waals surface area contributed by atoms with Crippen LogP contribution in [0.5, 0.6) is 0 Å². The molecular weight excluding hydrogens is 254 g/mol. The Bertz CT molecular complexity index is 764. The van der Waals surface area contributed by atoms with Gasteiger partial charge in [-0.1, -0.05) is 78.9 Å². The lowest BCUT2D eigenvalue weighted by Crippen LogP contribution is -2.08. The van der Waals surface area contributed by atoms with Crippen molar-refractivity contribution in [1.29, 1.82) is 5.26 Å². The second kappa shape index (κ2) is 4.46. The first-order valence-corrected chi connectivity index (χ1v) is 7.28. The van der Waals surface area contributed by atoms with Crippen molar-refractivity contribution in [1.82, 2.24) is 0 Å². The van der Waals surface area contributed by atoms with Crippen molar-refractivity contribution in [3.05, 3.63) is 90.0 Å². The van der Waals surface area contributed by atoms with Gasteiger partial charge in [0.2, 0.25) is 0 Å². The summed E-state index contributed by atoms with van der Waals surface area (Å²) in [6.45, 7) is 0. The summed E-state index contributed by atoms with van der Waals surface area (Å²) in [5.41, 5.74) is 3.25. The zero-order valence-corrected chi connectivity index (χ0v) is 11.6. The summed E-state index contributed by atoms with van der Waals surface area (Å²) >= 11 is 0. The molecule has 1 heteroatoms. The summed E-state index contributed by atoms with van der Waals surface area (Å²) in [5, 5.41) is 9.89. The third-order valence-corrected chi connectivity index (χ3v) is 4.74. The summed E-state index contributed by atoms with van der Waals surface area (Å²) in [4.78, 5) is 0. The predicted molar refractivity (Wildman–Crippen MR) is 84.3 cm³/mol. The zero-order chi connectivity index (χ0) is 14.3. The Labute approximate surface area is 124 Å². The van der Waals surface area contributed by atoms with E-state index in [0.717, 1.165) is 5.56 Å². The summed E-state index contributed by atoms with van der Waals surface area (Å²) < 4.78 is 0. The lowest BCUT2D eigenvalue weighted by molar-refractivity contribution is 0.828. The molecule has 0 N–H and O–H groups in total. The Morgan fingerprint density at radius 3 is 2.24 bits per heavy atom. The highest BCUT2D eigenvalue weighted by Gasteiger charge is 2.67. The van der Waals surface area contributed by atoms with Gasteiger partial charge in [-0.15, -0.1) is 0 Å². The van der Waals surface area contributed by atoms with Gasteiger partial charge in [0.05, 0.1) is 11.5 Å². The van der Waals surface area contributed by atoms with Crippen LogP contribution in [-0.4, -0.2) is 0 Å². The van der Waals surface area contributed by atoms with Gasteiger partial charge in [-0.05, 0) is 16.7 Å². The van der Waals surface area contributed by atoms with Crippen molar-refractivity contribution in [2.24, 2.45) is 11.8 Å². The Hall–Kier alpha value is -2.59. The molecule has 0 saturated heterocycles. The van der Waals surface area contributed by atoms with Crippen LogP contribution in [-0.2, 0) is 5.41 Å². The zero-order valence-electron chi connectivity index (χ0n) is 11.6. The molecule has 2 aromatic carbocycles. The molecule has 1 nitrogen and oxygen atoms in total. The Kier molecular flexibility index (Phi) is 2.59. The summed E-state index contributed by atoms with van der Waals surface area (Å²) in [7, 11) is 0. The van der Waals surface area contributed by atoms with Gasteiger partial charge in [0.25, 0.3) is 0 Å². The first-order valence-electron chi connectivity index (χ1n) is 7.28. The smallest absolute Gasteiger partial charge is 0.0966 e. The molecule has 1 fully saturated rings. The van der Waals surface area contributed by atoms with E-state index in [9.17, 15) is 5.26 Å². The van der Waals surface area contributed by atoms with Crippen LogP contribution in [0.1, 0.15) is 11.1 Å². The molecule has 1 saturated carbocycles. The van der Waals surface area contributed by atoms with E-state index in [1.54, 1.807) is 0 Å². The van der Waals surface area contributed by atoms with Gasteiger partial charge >= 0.3 is 0 Å². The van der Waals surface area contributed by atoms with E-state index in [-0.39, 0.29) is 5.92 Å². The summed E-state index contributed by atoms with van der Waals surface area (Å²) in [5.74, 6) is 0.572. The SMILES string of the molecule is N#CC1(c2ccccc2)C2C=CC=C(c3ccccc3)C21. The minimum atomic E-state index is -0.393. The van der Waals surface area contributed by atoms with E-state index < -0.39 is 5.41 Å². The minimum absolute atomic E-state index is 0.275. The topological polar surface area (TPSA) is 23.8 Å². The van der Waals surface area contributed by atoms with E-state index in [1.807, 2.05) is 24.3 Å². The summed E-state index contributed by atoms with van der Waals surface area (Å²) in [6.07, 6.45) is 6.46. The van der Waals surface area contributed by atoms with Gasteiger partial charge in [-0.2, -0.15) is 5.26 Å². The highest BCUT2D eigenvalue weighted by Crippen LogP contribution is 2.66. The highest BCUT2D eigenvalue weighted by molar-refractivity contribution is 5.78. The van der Waals surface area contributed by atoms with Crippen LogP contribution in [0.4, 0.5) is 0 Å². The molecule has 0 bridgehead atoms. The molecule has 0 spiro atoms. The second-order valence-electron chi connectivity index (χ2n) is 5.72. The number of benzene rings is 2. The first-order chi connectivity index (χ1) is 10.4. The molecule has 100 valence electrons. The Balaban J connectivity index is 1.81. The number of hydrogen-bond donors (Lipinski definition) is 0. The lowest BCUT2D eigenvalue weighted by atomic mass is 9.89. The van der Waals surface area contributed by atoms with E-state index in [4.69, 9.17) is 0 Å². The maximum Gasteiger partial charge on any atom is 0.0966 e. The van der Waals surface area contributed by atoms with Gasteiger partial charge < -0.3 is 0 Å². The fraction of sp³-hybridized carbons (Fsp3) is 0.150. The largest absolute Gasteiger partial charge is 0.197 e. The monoisotopic (exact) mass is 269 g/mol. The fourth-order valence-corrected chi connectivity index (χ4v) is 3.70. The fourth-order valence-electron chi connectivity index (χ4n) is 3.70. The van der Waals surface area contributed by atoms with Gasteiger partial charge in [-0.25, -0.2) is 0 Å². The molecule has 4 rings (SSSR count). The number of nitriles is 1. The molecule has 21 heavy (non-hydrogen) atoms. The van der Waals surface area contributed by atoms with Crippen LogP contribution in [0.3, 0.4) is 0 Å². The molecule has 0 radical (unpaired) electrons. The van der Waals surface area contributed by atoms with Gasteiger partial charge in [0, 0.05) is 11.8 Å². The quantitative estimate of drug-likeness (QED) is 0.795. The van der Waals surface area contributed by atoms with Crippen molar-refractivity contribution < 1.29 is 0 Å². The standard InChI is InChI=1S/C20H15N/c21-14-20(16-10-5-2-6-11-16)18-13-7-12-17(19(18)20)15-8-3-1-4-9-15/h1-13,18-19H. The minimum Gasteiger partial charge on any atom is -0.197 e. The number of nitrogens with zero attached hydrogens (tertiary/aromatic N) is 1. The molecular formula is C20H15N. The maximum absolute atomic E-state index is 9.89. The third-order valence-electron chi connectivity index (χ3n) is 4.74. The number of hydrogen-bond acceptors (Lipinski definition) is 1. The van der Waals surface area contributed by atoms with Crippen molar-refractivity contribution in [2.75, 3.05) is 0 Å². The predicted octanol–water partition coefficient (Wildman–Crippen LogP) is 4.35. The van der Waals surface area contributed by atoms with Gasteiger partial charge in [0.1, 0.15) is 0 Å². The average Bonchev–Trinajstić information content (AvgIpc) is 3.26. The molecule has 3 unspecified atom stereocenters. The van der Waals surface area contributed by atoms with Crippen molar-refractivity contribution in [2.45, 2.75) is 5.41 Å². The van der Waals surface area contributed by atoms with E-state index in [0.29, 0.717) is 5.92 Å². The van der Waals surface area contributed by atoms with Crippen molar-refractivity contribution >= 4 is 5.57 Å². The molecule has 2 aromatic rings. The van der Waals surface area contributed by atoms with Crippen LogP contribution in [0.2, 0.25) is 0 Å². The van der Waals surface area contributed by atoms with Gasteiger partial charge in [0.15, 0.2) is 0 Å². The van der Waals surface area contributed by atoms with Gasteiger partial charge in [-0.3, -0.25) is 0 Å². The van der Waals surface area contributed by atoms with Crippen molar-refractivity contribution in [3.63, 3.8) is 0 Å². The average molecular weight is 269 g/mol. The molecule has 0 heterocycles. The maximum atomic E-state index is 9.89. The molecule has 0 aromatic heterocycles. The van der Waals surface area contributed by atoms with Crippen LogP contribution in [0.15, 0.2) is 78.9 Å². The van der Waals surface area contributed by atoms with E-state index >= 15 is 0 Å². The molecule has 0 aliphatic heterocycles. The number of fused-ring (bicyclic) bond motifs is 1. The second-order valence-corrected chi connectivity index (χ2v) is 5.72. The molecule has 2 aliphatic carbocycles. The highest BCUT2D eigenvalue weighted by atomic mass is 14.7. The van der Waals surface area contributed by atoms with Crippen molar-refractivity contribution in [3.8, 4) is 6.07 Å². The Morgan fingerprint density at radius 2 is 1.57 bits per heavy atom. The van der Waals surface area contributed by atoms with E-state index in [2.05, 4.69) is 60.7 Å². The lowest BCUT2D eigenvalue weighted by Gasteiger charge is -2.12. The molecule has 0 amide bonds. The van der Waals surface area contributed by atoms with Crippen LogP contribution >= 0.6 is 0 Å². The van der Waals surface area contributed by atoms with Crippen LogP contribution in [0, 0.1) is 23.2 Å². The third kappa shape index (κ3) is 1.63. The molecule has 2 aliphatic rings. The number of allylic oxidation sites excluding steroid dienone is 4. The first kappa shape index (κ1) is 12.2. The van der Waals surface area contributed by atoms with Crippen LogP contribution < -0.4 is 0 Å².